The van der Waals surface area contributed by atoms with Crippen molar-refractivity contribution in [1.82, 2.24) is 0 Å². The van der Waals surface area contributed by atoms with Gasteiger partial charge in [-0.05, 0) is 35.9 Å². The standard InChI is InChI=1S/C42H25NO2S/c1-2-12-26(13-3-1)27-16-8-17-31-32-19-10-22-35(41(32)45-39(27)31)43(34-21-9-18-30-28-14-4-6-24-37(28)44-40(30)34)36-23-11-20-33-29-15-5-7-25-38(29)46-42(33)36/h1-25H. The Hall–Kier alpha value is -5.84. The van der Waals surface area contributed by atoms with Gasteiger partial charge in [-0.3, -0.25) is 0 Å². The maximum Gasteiger partial charge on any atom is 0.159 e. The molecule has 0 atom stereocenters. The minimum Gasteiger partial charge on any atom is -0.454 e. The van der Waals surface area contributed by atoms with E-state index in [0.29, 0.717) is 0 Å². The van der Waals surface area contributed by atoms with E-state index in [1.165, 1.54) is 20.2 Å². The van der Waals surface area contributed by atoms with E-state index < -0.39 is 0 Å². The first-order valence-corrected chi connectivity index (χ1v) is 16.3. The predicted molar refractivity (Wildman–Crippen MR) is 194 cm³/mol. The Balaban J connectivity index is 1.32. The van der Waals surface area contributed by atoms with E-state index in [0.717, 1.165) is 72.1 Å². The van der Waals surface area contributed by atoms with E-state index in [1.807, 2.05) is 29.5 Å². The second-order valence-corrected chi connectivity index (χ2v) is 12.7. The molecule has 3 heterocycles. The summed E-state index contributed by atoms with van der Waals surface area (Å²) in [6, 6.07) is 53.3. The number of thiophene rings is 1. The molecule has 0 spiro atoms. The average Bonchev–Trinajstić information content (AvgIpc) is 3.81. The largest absolute Gasteiger partial charge is 0.454 e. The molecule has 4 heteroatoms. The number of anilines is 3. The zero-order valence-electron chi connectivity index (χ0n) is 24.6. The van der Waals surface area contributed by atoms with Gasteiger partial charge in [0, 0.05) is 42.6 Å². The second kappa shape index (κ2) is 9.83. The van der Waals surface area contributed by atoms with Crippen LogP contribution in [0.5, 0.6) is 0 Å². The topological polar surface area (TPSA) is 29.5 Å². The van der Waals surface area contributed by atoms with Gasteiger partial charge in [-0.1, -0.05) is 121 Å². The Morgan fingerprint density at radius 3 is 1.76 bits per heavy atom. The van der Waals surface area contributed by atoms with Gasteiger partial charge in [0.25, 0.3) is 0 Å². The molecule has 0 saturated heterocycles. The SMILES string of the molecule is c1ccc(-c2cccc3c2oc2c(N(c4cccc5c4oc4ccccc45)c4cccc5c4sc4ccccc45)cccc23)cc1. The molecule has 216 valence electrons. The van der Waals surface area contributed by atoms with Crippen LogP contribution in [0.25, 0.3) is 75.2 Å². The van der Waals surface area contributed by atoms with Crippen molar-refractivity contribution in [3.05, 3.63) is 152 Å². The van der Waals surface area contributed by atoms with E-state index in [-0.39, 0.29) is 0 Å². The summed E-state index contributed by atoms with van der Waals surface area (Å²) in [6.07, 6.45) is 0. The Labute approximate surface area is 268 Å². The van der Waals surface area contributed by atoms with Gasteiger partial charge in [-0.25, -0.2) is 0 Å². The molecule has 0 unspecified atom stereocenters. The zero-order valence-corrected chi connectivity index (χ0v) is 25.4. The molecule has 0 aliphatic heterocycles. The van der Waals surface area contributed by atoms with Crippen LogP contribution >= 0.6 is 11.3 Å². The lowest BCUT2D eigenvalue weighted by Crippen LogP contribution is -2.10. The summed E-state index contributed by atoms with van der Waals surface area (Å²) >= 11 is 1.82. The fourth-order valence-electron chi connectivity index (χ4n) is 7.03. The van der Waals surface area contributed by atoms with Crippen molar-refractivity contribution < 1.29 is 8.83 Å². The van der Waals surface area contributed by atoms with Crippen LogP contribution in [0.15, 0.2) is 160 Å². The van der Waals surface area contributed by atoms with Crippen molar-refractivity contribution in [2.75, 3.05) is 4.90 Å². The number of para-hydroxylation sites is 4. The van der Waals surface area contributed by atoms with Gasteiger partial charge in [0.2, 0.25) is 0 Å². The summed E-state index contributed by atoms with van der Waals surface area (Å²) in [4.78, 5) is 2.34. The minimum absolute atomic E-state index is 0.840. The third-order valence-corrected chi connectivity index (χ3v) is 10.3. The van der Waals surface area contributed by atoms with E-state index in [2.05, 4.69) is 138 Å². The highest BCUT2D eigenvalue weighted by Crippen LogP contribution is 2.50. The number of hydrogen-bond donors (Lipinski definition) is 0. The third-order valence-electron chi connectivity index (χ3n) is 9.08. The van der Waals surface area contributed by atoms with E-state index in [9.17, 15) is 0 Å². The molecule has 0 aliphatic carbocycles. The van der Waals surface area contributed by atoms with Crippen LogP contribution in [0.3, 0.4) is 0 Å². The lowest BCUT2D eigenvalue weighted by molar-refractivity contribution is 0.667. The maximum atomic E-state index is 6.97. The van der Waals surface area contributed by atoms with Gasteiger partial charge in [-0.2, -0.15) is 0 Å². The highest BCUT2D eigenvalue weighted by atomic mass is 32.1. The Morgan fingerprint density at radius 2 is 0.957 bits per heavy atom. The number of fused-ring (bicyclic) bond motifs is 9. The van der Waals surface area contributed by atoms with Crippen molar-refractivity contribution in [3.63, 3.8) is 0 Å². The van der Waals surface area contributed by atoms with Crippen molar-refractivity contribution in [1.29, 1.82) is 0 Å². The maximum absolute atomic E-state index is 6.97. The monoisotopic (exact) mass is 607 g/mol. The van der Waals surface area contributed by atoms with Gasteiger partial charge < -0.3 is 13.7 Å². The molecule has 7 aromatic carbocycles. The summed E-state index contributed by atoms with van der Waals surface area (Å²) in [7, 11) is 0. The normalized spacial score (nSPS) is 11.9. The molecule has 0 N–H and O–H groups in total. The van der Waals surface area contributed by atoms with Crippen molar-refractivity contribution in [2.45, 2.75) is 0 Å². The van der Waals surface area contributed by atoms with Crippen LogP contribution in [0, 0.1) is 0 Å². The number of rotatable bonds is 4. The Kier molecular flexibility index (Phi) is 5.45. The molecular weight excluding hydrogens is 583 g/mol. The van der Waals surface area contributed by atoms with Gasteiger partial charge >= 0.3 is 0 Å². The Morgan fingerprint density at radius 1 is 0.391 bits per heavy atom. The number of nitrogens with zero attached hydrogens (tertiary/aromatic N) is 1. The minimum atomic E-state index is 0.840. The van der Waals surface area contributed by atoms with Crippen molar-refractivity contribution >= 4 is 92.4 Å². The fourth-order valence-corrected chi connectivity index (χ4v) is 8.24. The van der Waals surface area contributed by atoms with Crippen LogP contribution in [0.1, 0.15) is 0 Å². The molecule has 0 radical (unpaired) electrons. The molecule has 0 amide bonds. The van der Waals surface area contributed by atoms with Gasteiger partial charge in [0.05, 0.1) is 21.8 Å². The van der Waals surface area contributed by atoms with Gasteiger partial charge in [0.1, 0.15) is 11.2 Å². The van der Waals surface area contributed by atoms with Crippen LogP contribution in [0.2, 0.25) is 0 Å². The van der Waals surface area contributed by atoms with Gasteiger partial charge in [-0.15, -0.1) is 11.3 Å². The summed E-state index contributed by atoms with van der Waals surface area (Å²) in [5.41, 5.74) is 8.68. The predicted octanol–water partition coefficient (Wildman–Crippen LogP) is 13.0. The lowest BCUT2D eigenvalue weighted by atomic mass is 10.0. The first kappa shape index (κ1) is 25.5. The molecule has 0 bridgehead atoms. The quantitative estimate of drug-likeness (QED) is 0.199. The molecular formula is C42H25NO2S. The second-order valence-electron chi connectivity index (χ2n) is 11.6. The first-order valence-electron chi connectivity index (χ1n) is 15.4. The fraction of sp³-hybridized carbons (Fsp3) is 0. The van der Waals surface area contributed by atoms with E-state index in [4.69, 9.17) is 8.83 Å². The Bertz CT molecular complexity index is 2650. The number of furan rings is 2. The van der Waals surface area contributed by atoms with Crippen LogP contribution < -0.4 is 4.90 Å². The summed E-state index contributed by atoms with van der Waals surface area (Å²) in [5, 5.41) is 6.87. The zero-order chi connectivity index (χ0) is 30.2. The highest BCUT2D eigenvalue weighted by molar-refractivity contribution is 7.26. The molecule has 3 nitrogen and oxygen atoms in total. The molecule has 0 fully saturated rings. The van der Waals surface area contributed by atoms with E-state index >= 15 is 0 Å². The summed E-state index contributed by atoms with van der Waals surface area (Å²) in [5.74, 6) is 0. The number of hydrogen-bond acceptors (Lipinski definition) is 4. The molecule has 46 heavy (non-hydrogen) atoms. The molecule has 3 aromatic heterocycles. The molecule has 10 rings (SSSR count). The first-order chi connectivity index (χ1) is 22.8. The van der Waals surface area contributed by atoms with Gasteiger partial charge in [0.15, 0.2) is 11.2 Å². The van der Waals surface area contributed by atoms with Crippen molar-refractivity contribution in [3.8, 4) is 11.1 Å². The smallest absolute Gasteiger partial charge is 0.159 e. The van der Waals surface area contributed by atoms with Crippen LogP contribution in [-0.4, -0.2) is 0 Å². The lowest BCUT2D eigenvalue weighted by Gasteiger charge is -2.26. The average molecular weight is 608 g/mol. The van der Waals surface area contributed by atoms with E-state index in [1.54, 1.807) is 0 Å². The van der Waals surface area contributed by atoms with Crippen molar-refractivity contribution in [2.24, 2.45) is 0 Å². The molecule has 0 aliphatic rings. The number of benzene rings is 7. The summed E-state index contributed by atoms with van der Waals surface area (Å²) < 4.78 is 16.1. The molecule has 10 aromatic rings. The molecule has 0 saturated carbocycles. The third kappa shape index (κ3) is 3.65. The van der Waals surface area contributed by atoms with Crippen LogP contribution in [0.4, 0.5) is 17.1 Å². The van der Waals surface area contributed by atoms with Crippen LogP contribution in [-0.2, 0) is 0 Å². The summed E-state index contributed by atoms with van der Waals surface area (Å²) in [6.45, 7) is 0. The highest BCUT2D eigenvalue weighted by Gasteiger charge is 2.25.